The molecule has 1 aromatic carbocycles. The number of halogens is 4. The van der Waals surface area contributed by atoms with E-state index in [-0.39, 0.29) is 17.8 Å². The molecule has 2 aliphatic heterocycles. The standard InChI is InChI=1S/C17H14F4O7S/c18-10-9(11(19)13(21)15(12(10)20)29(24,25)26)17(23)28-14-6-1-5-2-7(4-6)16(22)27-8(14)3-5/h5-8,14H,1-4H2,(H,24,25,26)/p-1. The second-order valence-corrected chi connectivity index (χ2v) is 8.84. The second kappa shape index (κ2) is 6.66. The Bertz CT molecular complexity index is 996. The Morgan fingerprint density at radius 2 is 1.62 bits per heavy atom. The van der Waals surface area contributed by atoms with Crippen LogP contribution < -0.4 is 0 Å². The molecule has 5 rings (SSSR count). The van der Waals surface area contributed by atoms with E-state index in [2.05, 4.69) is 0 Å². The Kier molecular flexibility index (Phi) is 4.61. The molecule has 5 unspecified atom stereocenters. The molecule has 0 N–H and O–H groups in total. The monoisotopic (exact) mass is 437 g/mol. The Balaban J connectivity index is 1.69. The zero-order valence-electron chi connectivity index (χ0n) is 14.5. The van der Waals surface area contributed by atoms with Crippen LogP contribution in [0.3, 0.4) is 0 Å². The summed E-state index contributed by atoms with van der Waals surface area (Å²) in [5.74, 6) is -12.5. The smallest absolute Gasteiger partial charge is 0.344 e. The number of rotatable bonds is 3. The van der Waals surface area contributed by atoms with Crippen molar-refractivity contribution in [1.29, 1.82) is 0 Å². The normalized spacial score (nSPS) is 30.8. The van der Waals surface area contributed by atoms with Gasteiger partial charge >= 0.3 is 11.9 Å². The van der Waals surface area contributed by atoms with E-state index in [1.807, 2.05) is 0 Å². The molecule has 0 spiro atoms. The third kappa shape index (κ3) is 3.18. The quantitative estimate of drug-likeness (QED) is 0.308. The summed E-state index contributed by atoms with van der Waals surface area (Å²) in [6.45, 7) is 0. The number of carbonyl (C=O) groups excluding carboxylic acids is 2. The highest BCUT2D eigenvalue weighted by Gasteiger charge is 2.52. The van der Waals surface area contributed by atoms with Crippen molar-refractivity contribution in [2.24, 2.45) is 17.8 Å². The van der Waals surface area contributed by atoms with Gasteiger partial charge in [0, 0.05) is 5.92 Å². The van der Waals surface area contributed by atoms with Gasteiger partial charge in [0.15, 0.2) is 23.3 Å². The molecule has 29 heavy (non-hydrogen) atoms. The highest BCUT2D eigenvalue weighted by molar-refractivity contribution is 7.85. The average molecular weight is 437 g/mol. The lowest BCUT2D eigenvalue weighted by Crippen LogP contribution is -2.45. The number of hydrogen-bond acceptors (Lipinski definition) is 7. The van der Waals surface area contributed by atoms with E-state index in [0.717, 1.165) is 0 Å². The zero-order chi connectivity index (χ0) is 21.2. The third-order valence-corrected chi connectivity index (χ3v) is 6.62. The van der Waals surface area contributed by atoms with E-state index >= 15 is 0 Å². The first kappa shape index (κ1) is 20.1. The molecular weight excluding hydrogens is 424 g/mol. The van der Waals surface area contributed by atoms with Gasteiger partial charge < -0.3 is 14.0 Å². The largest absolute Gasteiger partial charge is 0.744 e. The summed E-state index contributed by atoms with van der Waals surface area (Å²) < 4.78 is 99.2. The van der Waals surface area contributed by atoms with Gasteiger partial charge in [-0.3, -0.25) is 4.79 Å². The summed E-state index contributed by atoms with van der Waals surface area (Å²) in [6, 6.07) is 0. The first-order chi connectivity index (χ1) is 13.5. The van der Waals surface area contributed by atoms with Gasteiger partial charge in [-0.05, 0) is 31.6 Å². The van der Waals surface area contributed by atoms with E-state index in [4.69, 9.17) is 9.47 Å². The lowest BCUT2D eigenvalue weighted by molar-refractivity contribution is -0.156. The van der Waals surface area contributed by atoms with E-state index in [1.54, 1.807) is 0 Å². The van der Waals surface area contributed by atoms with Crippen LogP contribution in [0.25, 0.3) is 0 Å². The molecule has 1 aromatic rings. The van der Waals surface area contributed by atoms with E-state index in [1.165, 1.54) is 0 Å². The maximum Gasteiger partial charge on any atom is 0.344 e. The molecule has 4 bridgehead atoms. The molecule has 4 fully saturated rings. The predicted octanol–water partition coefficient (Wildman–Crippen LogP) is 2.03. The van der Waals surface area contributed by atoms with Crippen molar-refractivity contribution < 1.29 is 49.6 Å². The van der Waals surface area contributed by atoms with Crippen LogP contribution in [0.5, 0.6) is 0 Å². The number of hydrogen-bond donors (Lipinski definition) is 0. The molecule has 158 valence electrons. The number of benzene rings is 1. The third-order valence-electron chi connectivity index (χ3n) is 5.76. The molecule has 12 heteroatoms. The number of esters is 2. The molecule has 0 radical (unpaired) electrons. The topological polar surface area (TPSA) is 110 Å². The van der Waals surface area contributed by atoms with Crippen LogP contribution >= 0.6 is 0 Å². The van der Waals surface area contributed by atoms with Crippen molar-refractivity contribution in [3.63, 3.8) is 0 Å². The van der Waals surface area contributed by atoms with Crippen LogP contribution in [0.15, 0.2) is 4.90 Å². The molecule has 0 amide bonds. The highest BCUT2D eigenvalue weighted by Crippen LogP contribution is 2.48. The van der Waals surface area contributed by atoms with Crippen LogP contribution in [0.1, 0.15) is 36.0 Å². The summed E-state index contributed by atoms with van der Waals surface area (Å²) in [6.07, 6.45) is 0.00772. The fourth-order valence-corrected chi connectivity index (χ4v) is 5.25. The lowest BCUT2D eigenvalue weighted by Gasteiger charge is -2.41. The minimum absolute atomic E-state index is 0.162. The van der Waals surface area contributed by atoms with Crippen molar-refractivity contribution in [1.82, 2.24) is 0 Å². The van der Waals surface area contributed by atoms with Crippen molar-refractivity contribution in [3.05, 3.63) is 28.8 Å². The number of carbonyl (C=O) groups is 2. The molecule has 4 aliphatic rings. The minimum atomic E-state index is -5.89. The van der Waals surface area contributed by atoms with Crippen LogP contribution in [-0.4, -0.2) is 37.1 Å². The fourth-order valence-electron chi connectivity index (χ4n) is 4.63. The molecule has 2 saturated carbocycles. The Labute approximate surface area is 161 Å². The fraction of sp³-hybridized carbons (Fsp3) is 0.529. The van der Waals surface area contributed by atoms with Crippen LogP contribution in [0, 0.1) is 41.0 Å². The molecule has 2 aliphatic carbocycles. The Hall–Kier alpha value is -2.21. The summed E-state index contributed by atoms with van der Waals surface area (Å²) in [4.78, 5) is 22.0. The van der Waals surface area contributed by atoms with Gasteiger partial charge in [0.2, 0.25) is 0 Å². The highest BCUT2D eigenvalue weighted by atomic mass is 32.2. The first-order valence-electron chi connectivity index (χ1n) is 8.72. The predicted molar refractivity (Wildman–Crippen MR) is 82.3 cm³/mol. The maximum atomic E-state index is 14.2. The van der Waals surface area contributed by atoms with E-state index in [9.17, 15) is 40.1 Å². The molecular formula is C17H13F4O7S-. The maximum absolute atomic E-state index is 14.2. The van der Waals surface area contributed by atoms with Crippen LogP contribution in [0.2, 0.25) is 0 Å². The molecule has 0 aromatic heterocycles. The second-order valence-electron chi connectivity index (χ2n) is 7.53. The van der Waals surface area contributed by atoms with Gasteiger partial charge in [0.25, 0.3) is 0 Å². The van der Waals surface area contributed by atoms with Gasteiger partial charge in [-0.2, -0.15) is 0 Å². The Morgan fingerprint density at radius 1 is 1.00 bits per heavy atom. The minimum Gasteiger partial charge on any atom is -0.744 e. The summed E-state index contributed by atoms with van der Waals surface area (Å²) >= 11 is 0. The summed E-state index contributed by atoms with van der Waals surface area (Å²) in [7, 11) is -5.89. The molecule has 7 nitrogen and oxygen atoms in total. The summed E-state index contributed by atoms with van der Waals surface area (Å²) in [5.41, 5.74) is -1.80. The molecule has 2 heterocycles. The summed E-state index contributed by atoms with van der Waals surface area (Å²) in [5, 5.41) is 0. The Morgan fingerprint density at radius 3 is 2.21 bits per heavy atom. The van der Waals surface area contributed by atoms with Crippen molar-refractivity contribution in [3.8, 4) is 0 Å². The van der Waals surface area contributed by atoms with Gasteiger partial charge in [0.1, 0.15) is 32.8 Å². The van der Waals surface area contributed by atoms with E-state index < -0.39 is 68.0 Å². The zero-order valence-corrected chi connectivity index (χ0v) is 15.3. The number of ether oxygens (including phenoxy) is 2. The number of fused-ring (bicyclic) bond motifs is 1. The van der Waals surface area contributed by atoms with Gasteiger partial charge in [-0.1, -0.05) is 0 Å². The molecule has 2 saturated heterocycles. The van der Waals surface area contributed by atoms with Crippen molar-refractivity contribution in [2.45, 2.75) is 42.8 Å². The van der Waals surface area contributed by atoms with Gasteiger partial charge in [-0.25, -0.2) is 30.8 Å². The first-order valence-corrected chi connectivity index (χ1v) is 10.1. The molecule has 5 atom stereocenters. The van der Waals surface area contributed by atoms with Crippen molar-refractivity contribution >= 4 is 22.1 Å². The lowest BCUT2D eigenvalue weighted by atomic mass is 9.67. The van der Waals surface area contributed by atoms with E-state index in [0.29, 0.717) is 25.7 Å². The van der Waals surface area contributed by atoms with Crippen molar-refractivity contribution in [2.75, 3.05) is 0 Å². The van der Waals surface area contributed by atoms with Crippen LogP contribution in [0.4, 0.5) is 17.6 Å². The van der Waals surface area contributed by atoms with Gasteiger partial charge in [-0.15, -0.1) is 0 Å². The van der Waals surface area contributed by atoms with Gasteiger partial charge in [0.05, 0.1) is 5.92 Å². The SMILES string of the molecule is O=C(OC1C2CC3CC(C2)C(=O)OC1C3)c1c(F)c(F)c(S(=O)(=O)[O-])c(F)c1F. The average Bonchev–Trinajstić information content (AvgIpc) is 2.77. The van der Waals surface area contributed by atoms with Crippen LogP contribution in [-0.2, 0) is 24.4 Å².